The van der Waals surface area contributed by atoms with Crippen molar-refractivity contribution in [1.29, 1.82) is 0 Å². The molecule has 0 radical (unpaired) electrons. The zero-order chi connectivity index (χ0) is 19.6. The van der Waals surface area contributed by atoms with Crippen LogP contribution in [0.1, 0.15) is 30.4 Å². The van der Waals surface area contributed by atoms with Crippen LogP contribution < -0.4 is 5.32 Å². The van der Waals surface area contributed by atoms with Crippen LogP contribution in [0.4, 0.5) is 5.69 Å². The molecule has 0 aromatic heterocycles. The van der Waals surface area contributed by atoms with Crippen molar-refractivity contribution in [3.8, 4) is 0 Å². The van der Waals surface area contributed by atoms with Crippen LogP contribution in [0.5, 0.6) is 0 Å². The summed E-state index contributed by atoms with van der Waals surface area (Å²) in [5.74, 6) is 0.104. The number of anilines is 1. The van der Waals surface area contributed by atoms with Gasteiger partial charge in [0, 0.05) is 19.2 Å². The minimum absolute atomic E-state index is 0.0609. The molecule has 2 saturated heterocycles. The smallest absolute Gasteiger partial charge is 0.238 e. The highest BCUT2D eigenvalue weighted by Gasteiger charge is 2.34. The first kappa shape index (κ1) is 20.6. The minimum Gasteiger partial charge on any atom is -0.377 e. The van der Waals surface area contributed by atoms with Crippen LogP contribution in [-0.2, 0) is 19.4 Å². The summed E-state index contributed by atoms with van der Waals surface area (Å²) in [6.45, 7) is 5.29. The number of hydrogen-bond donors (Lipinski definition) is 1. The number of benzene rings is 1. The number of ether oxygens (including phenoxy) is 1. The quantitative estimate of drug-likeness (QED) is 0.774. The van der Waals surface area contributed by atoms with Crippen LogP contribution >= 0.6 is 11.6 Å². The number of nitrogens with one attached hydrogen (secondary N) is 1. The molecule has 1 amide bonds. The first-order valence-electron chi connectivity index (χ1n) is 9.36. The SMILES string of the molecule is Cc1cc(C)c(NC(=O)CN(CC2CCCO2)C2CCS(=O)(=O)C2)c(Cl)c1. The molecule has 1 aromatic rings. The summed E-state index contributed by atoms with van der Waals surface area (Å²) in [5.41, 5.74) is 2.55. The fourth-order valence-corrected chi connectivity index (χ4v) is 6.02. The summed E-state index contributed by atoms with van der Waals surface area (Å²) in [7, 11) is -3.02. The van der Waals surface area contributed by atoms with E-state index in [4.69, 9.17) is 16.3 Å². The van der Waals surface area contributed by atoms with E-state index in [1.54, 1.807) is 0 Å². The van der Waals surface area contributed by atoms with Gasteiger partial charge in [-0.15, -0.1) is 0 Å². The Kier molecular flexibility index (Phi) is 6.46. The lowest BCUT2D eigenvalue weighted by Crippen LogP contribution is -2.45. The zero-order valence-electron chi connectivity index (χ0n) is 15.8. The standard InChI is InChI=1S/C19H27ClN2O4S/c1-13-8-14(2)19(17(20)9-13)21-18(23)11-22(10-16-4-3-6-26-16)15-5-7-27(24,25)12-15/h8-9,15-16H,3-7,10-12H2,1-2H3,(H,21,23). The van der Waals surface area contributed by atoms with Crippen LogP contribution in [0.2, 0.25) is 5.02 Å². The van der Waals surface area contributed by atoms with E-state index in [2.05, 4.69) is 5.32 Å². The van der Waals surface area contributed by atoms with Crippen molar-refractivity contribution in [2.45, 2.75) is 45.3 Å². The molecule has 1 aromatic carbocycles. The van der Waals surface area contributed by atoms with Crippen LogP contribution in [0.3, 0.4) is 0 Å². The highest BCUT2D eigenvalue weighted by atomic mass is 35.5. The molecule has 2 atom stereocenters. The number of amides is 1. The van der Waals surface area contributed by atoms with Gasteiger partial charge in [-0.2, -0.15) is 0 Å². The Labute approximate surface area is 166 Å². The number of nitrogens with zero attached hydrogens (tertiary/aromatic N) is 1. The Morgan fingerprint density at radius 1 is 1.33 bits per heavy atom. The van der Waals surface area contributed by atoms with E-state index in [-0.39, 0.29) is 36.1 Å². The summed E-state index contributed by atoms with van der Waals surface area (Å²) < 4.78 is 29.5. The van der Waals surface area contributed by atoms with Gasteiger partial charge in [-0.05, 0) is 50.3 Å². The topological polar surface area (TPSA) is 75.7 Å². The Balaban J connectivity index is 1.70. The monoisotopic (exact) mass is 414 g/mol. The molecule has 2 aliphatic rings. The van der Waals surface area contributed by atoms with E-state index in [0.29, 0.717) is 23.7 Å². The largest absolute Gasteiger partial charge is 0.377 e. The average Bonchev–Trinajstić information content (AvgIpc) is 3.19. The second-order valence-electron chi connectivity index (χ2n) is 7.61. The molecule has 2 fully saturated rings. The lowest BCUT2D eigenvalue weighted by Gasteiger charge is -2.29. The predicted octanol–water partition coefficient (Wildman–Crippen LogP) is 2.56. The molecule has 2 aliphatic heterocycles. The third-order valence-corrected chi connectivity index (χ3v) is 7.28. The van der Waals surface area contributed by atoms with Gasteiger partial charge in [0.25, 0.3) is 0 Å². The number of halogens is 1. The van der Waals surface area contributed by atoms with Crippen molar-refractivity contribution in [1.82, 2.24) is 4.90 Å². The average molecular weight is 415 g/mol. The number of hydrogen-bond acceptors (Lipinski definition) is 5. The molecule has 1 N–H and O–H groups in total. The van der Waals surface area contributed by atoms with Crippen molar-refractivity contribution in [2.75, 3.05) is 36.5 Å². The van der Waals surface area contributed by atoms with Gasteiger partial charge in [-0.3, -0.25) is 9.69 Å². The van der Waals surface area contributed by atoms with E-state index in [1.807, 2.05) is 30.9 Å². The molecule has 0 spiro atoms. The van der Waals surface area contributed by atoms with Gasteiger partial charge in [-0.25, -0.2) is 8.42 Å². The zero-order valence-corrected chi connectivity index (χ0v) is 17.4. The Morgan fingerprint density at radius 3 is 2.70 bits per heavy atom. The maximum absolute atomic E-state index is 12.7. The molecule has 2 heterocycles. The first-order chi connectivity index (χ1) is 12.7. The van der Waals surface area contributed by atoms with E-state index < -0.39 is 9.84 Å². The van der Waals surface area contributed by atoms with Crippen LogP contribution in [0.15, 0.2) is 12.1 Å². The van der Waals surface area contributed by atoms with E-state index in [9.17, 15) is 13.2 Å². The van der Waals surface area contributed by atoms with Crippen molar-refractivity contribution < 1.29 is 17.9 Å². The summed E-state index contributed by atoms with van der Waals surface area (Å²) >= 11 is 6.29. The fourth-order valence-electron chi connectivity index (χ4n) is 3.89. The third kappa shape index (κ3) is 5.44. The van der Waals surface area contributed by atoms with E-state index >= 15 is 0 Å². The molecule has 3 rings (SSSR count). The lowest BCUT2D eigenvalue weighted by atomic mass is 10.1. The van der Waals surface area contributed by atoms with Crippen molar-refractivity contribution >= 4 is 33.0 Å². The maximum Gasteiger partial charge on any atom is 0.238 e. The summed E-state index contributed by atoms with van der Waals surface area (Å²) in [5, 5.41) is 3.41. The number of carbonyl (C=O) groups excluding carboxylic acids is 1. The van der Waals surface area contributed by atoms with Gasteiger partial charge < -0.3 is 10.1 Å². The Hall–Kier alpha value is -1.15. The molecule has 6 nitrogen and oxygen atoms in total. The molecule has 0 saturated carbocycles. The van der Waals surface area contributed by atoms with Crippen LogP contribution in [0, 0.1) is 13.8 Å². The van der Waals surface area contributed by atoms with Gasteiger partial charge in [0.15, 0.2) is 9.84 Å². The predicted molar refractivity (Wildman–Crippen MR) is 107 cm³/mol. The second-order valence-corrected chi connectivity index (χ2v) is 10.2. The number of sulfone groups is 1. The second kappa shape index (κ2) is 8.47. The maximum atomic E-state index is 12.7. The Morgan fingerprint density at radius 2 is 2.11 bits per heavy atom. The minimum atomic E-state index is -3.02. The lowest BCUT2D eigenvalue weighted by molar-refractivity contribution is -0.118. The van der Waals surface area contributed by atoms with E-state index in [0.717, 1.165) is 30.6 Å². The van der Waals surface area contributed by atoms with Crippen LogP contribution in [0.25, 0.3) is 0 Å². The van der Waals surface area contributed by atoms with Gasteiger partial charge in [0.1, 0.15) is 0 Å². The normalized spacial score (nSPS) is 24.4. The molecular formula is C19H27ClN2O4S. The molecular weight excluding hydrogens is 388 g/mol. The van der Waals surface area contributed by atoms with E-state index in [1.165, 1.54) is 0 Å². The Bertz CT molecular complexity index is 783. The van der Waals surface area contributed by atoms with Crippen molar-refractivity contribution in [3.05, 3.63) is 28.3 Å². The summed E-state index contributed by atoms with van der Waals surface area (Å²) in [4.78, 5) is 14.7. The van der Waals surface area contributed by atoms with Gasteiger partial charge >= 0.3 is 0 Å². The molecule has 0 aliphatic carbocycles. The van der Waals surface area contributed by atoms with Crippen molar-refractivity contribution in [3.63, 3.8) is 0 Å². The highest BCUT2D eigenvalue weighted by Crippen LogP contribution is 2.27. The molecule has 150 valence electrons. The molecule has 0 bridgehead atoms. The third-order valence-electron chi connectivity index (χ3n) is 5.23. The number of aryl methyl sites for hydroxylation is 2. The molecule has 27 heavy (non-hydrogen) atoms. The number of rotatable bonds is 6. The first-order valence-corrected chi connectivity index (χ1v) is 11.6. The summed E-state index contributed by atoms with van der Waals surface area (Å²) in [6.07, 6.45) is 2.57. The molecule has 2 unspecified atom stereocenters. The summed E-state index contributed by atoms with van der Waals surface area (Å²) in [6, 6.07) is 3.65. The van der Waals surface area contributed by atoms with Gasteiger partial charge in [0.05, 0.1) is 34.9 Å². The van der Waals surface area contributed by atoms with Gasteiger partial charge in [-0.1, -0.05) is 17.7 Å². The van der Waals surface area contributed by atoms with Gasteiger partial charge in [0.2, 0.25) is 5.91 Å². The molecule has 8 heteroatoms. The van der Waals surface area contributed by atoms with Crippen molar-refractivity contribution in [2.24, 2.45) is 0 Å². The van der Waals surface area contributed by atoms with Crippen LogP contribution in [-0.4, -0.2) is 62.6 Å². The highest BCUT2D eigenvalue weighted by molar-refractivity contribution is 7.91. The fraction of sp³-hybridized carbons (Fsp3) is 0.632. The number of carbonyl (C=O) groups is 1.